The van der Waals surface area contributed by atoms with Crippen molar-refractivity contribution in [1.82, 2.24) is 4.90 Å². The number of hydrogen-bond acceptors (Lipinski definition) is 3. The number of hydrogen-bond donors (Lipinski definition) is 1. The van der Waals surface area contributed by atoms with Crippen molar-refractivity contribution in [3.63, 3.8) is 0 Å². The van der Waals surface area contributed by atoms with Gasteiger partial charge in [-0.2, -0.15) is 0 Å². The Morgan fingerprint density at radius 3 is 2.39 bits per heavy atom. The molecule has 2 aliphatic heterocycles. The molecule has 0 aliphatic carbocycles. The fourth-order valence-electron chi connectivity index (χ4n) is 3.76. The van der Waals surface area contributed by atoms with Crippen LogP contribution in [-0.2, 0) is 4.79 Å². The van der Waals surface area contributed by atoms with E-state index in [0.717, 1.165) is 63.5 Å². The highest BCUT2D eigenvalue weighted by atomic mass is 35.5. The molecule has 2 heterocycles. The lowest BCUT2D eigenvalue weighted by atomic mass is 9.95. The van der Waals surface area contributed by atoms with Gasteiger partial charge in [0.2, 0.25) is 5.91 Å². The molecule has 1 aromatic rings. The summed E-state index contributed by atoms with van der Waals surface area (Å²) < 4.78 is 0. The summed E-state index contributed by atoms with van der Waals surface area (Å²) in [5.74, 6) is 0.897. The maximum Gasteiger partial charge on any atom is 0.256 e. The molecule has 2 fully saturated rings. The third-order valence-electron chi connectivity index (χ3n) is 5.95. The molecule has 0 unspecified atom stereocenters. The van der Waals surface area contributed by atoms with Crippen molar-refractivity contribution in [2.24, 2.45) is 11.3 Å². The lowest BCUT2D eigenvalue weighted by molar-refractivity contribution is -0.122. The minimum atomic E-state index is -0.664. The quantitative estimate of drug-likeness (QED) is 0.740. The van der Waals surface area contributed by atoms with E-state index in [-0.39, 0.29) is 17.7 Å². The Hall–Kier alpha value is -1.75. The molecular weight excluding hydrogens is 374 g/mol. The summed E-state index contributed by atoms with van der Waals surface area (Å²) >= 11 is 5.93. The third kappa shape index (κ3) is 4.62. The van der Waals surface area contributed by atoms with Gasteiger partial charge in [0.15, 0.2) is 0 Å². The average Bonchev–Trinajstić information content (AvgIpc) is 3.23. The van der Waals surface area contributed by atoms with Crippen LogP contribution in [0, 0.1) is 11.3 Å². The highest BCUT2D eigenvalue weighted by Gasteiger charge is 2.29. The molecule has 154 valence electrons. The Labute approximate surface area is 173 Å². The number of carbonyl (C=O) groups excluding carboxylic acids is 2. The largest absolute Gasteiger partial charge is 0.371 e. The van der Waals surface area contributed by atoms with Gasteiger partial charge in [-0.05, 0) is 63.6 Å². The molecule has 0 radical (unpaired) electrons. The minimum absolute atomic E-state index is 0.0684. The molecule has 28 heavy (non-hydrogen) atoms. The predicted molar refractivity (Wildman–Crippen MR) is 115 cm³/mol. The smallest absolute Gasteiger partial charge is 0.256 e. The number of rotatable bonds is 5. The number of carbonyl (C=O) groups is 2. The first kappa shape index (κ1) is 21.0. The number of benzene rings is 1. The molecular formula is C22H32ClN3O2. The maximum atomic E-state index is 13.2. The molecule has 1 N–H and O–H groups in total. The van der Waals surface area contributed by atoms with Gasteiger partial charge >= 0.3 is 0 Å². The number of alkyl halides is 1. The highest BCUT2D eigenvalue weighted by molar-refractivity contribution is 6.20. The van der Waals surface area contributed by atoms with E-state index in [1.807, 2.05) is 36.9 Å². The van der Waals surface area contributed by atoms with Crippen LogP contribution in [0.3, 0.4) is 0 Å². The Balaban J connectivity index is 1.89. The van der Waals surface area contributed by atoms with Crippen LogP contribution < -0.4 is 10.2 Å². The molecule has 3 rings (SSSR count). The summed E-state index contributed by atoms with van der Waals surface area (Å²) in [5.41, 5.74) is 1.67. The van der Waals surface area contributed by atoms with E-state index in [4.69, 9.17) is 11.6 Å². The first-order valence-corrected chi connectivity index (χ1v) is 10.9. The molecule has 5 nitrogen and oxygen atoms in total. The van der Waals surface area contributed by atoms with Crippen molar-refractivity contribution in [3.05, 3.63) is 23.8 Å². The fourth-order valence-corrected chi connectivity index (χ4v) is 3.88. The van der Waals surface area contributed by atoms with Crippen LogP contribution in [-0.4, -0.2) is 48.8 Å². The Bertz CT molecular complexity index is 720. The SMILES string of the molecule is CC1CCN(c2ccc(NC(=O)C(C)(C)CCl)cc2C(=O)N2CCCC2)CC1. The minimum Gasteiger partial charge on any atom is -0.371 e. The Morgan fingerprint density at radius 2 is 1.79 bits per heavy atom. The van der Waals surface area contributed by atoms with Gasteiger partial charge in [-0.25, -0.2) is 0 Å². The number of nitrogens with zero attached hydrogens (tertiary/aromatic N) is 2. The van der Waals surface area contributed by atoms with Crippen LogP contribution in [0.4, 0.5) is 11.4 Å². The molecule has 0 atom stereocenters. The van der Waals surface area contributed by atoms with Crippen LogP contribution >= 0.6 is 11.6 Å². The molecule has 2 aliphatic rings. The van der Waals surface area contributed by atoms with E-state index < -0.39 is 5.41 Å². The van der Waals surface area contributed by atoms with Crippen molar-refractivity contribution in [1.29, 1.82) is 0 Å². The summed E-state index contributed by atoms with van der Waals surface area (Å²) in [6.45, 7) is 9.46. The van der Waals surface area contributed by atoms with Gasteiger partial charge in [0, 0.05) is 43.4 Å². The van der Waals surface area contributed by atoms with Crippen LogP contribution in [0.15, 0.2) is 18.2 Å². The van der Waals surface area contributed by atoms with Crippen LogP contribution in [0.2, 0.25) is 0 Å². The first-order chi connectivity index (χ1) is 13.3. The van der Waals surface area contributed by atoms with E-state index in [1.54, 1.807) is 0 Å². The van der Waals surface area contributed by atoms with Crippen LogP contribution in [0.5, 0.6) is 0 Å². The van der Waals surface area contributed by atoms with Gasteiger partial charge in [-0.1, -0.05) is 6.92 Å². The topological polar surface area (TPSA) is 52.7 Å². The third-order valence-corrected chi connectivity index (χ3v) is 6.62. The second-order valence-electron chi connectivity index (χ2n) is 8.87. The highest BCUT2D eigenvalue weighted by Crippen LogP contribution is 2.31. The standard InChI is InChI=1S/C22H32ClN3O2/c1-16-8-12-25(13-9-16)19-7-6-17(24-21(28)22(2,3)15-23)14-18(19)20(27)26-10-4-5-11-26/h6-7,14,16H,4-5,8-13,15H2,1-3H3,(H,24,28). The van der Waals surface area contributed by atoms with Crippen LogP contribution in [0.25, 0.3) is 0 Å². The molecule has 0 saturated carbocycles. The van der Waals surface area contributed by atoms with Crippen molar-refractivity contribution in [3.8, 4) is 0 Å². The normalized spacial score (nSPS) is 18.4. The van der Waals surface area contributed by atoms with E-state index in [2.05, 4.69) is 17.1 Å². The van der Waals surface area contributed by atoms with Gasteiger partial charge in [0.25, 0.3) is 5.91 Å². The van der Waals surface area contributed by atoms with Gasteiger partial charge in [-0.3, -0.25) is 9.59 Å². The van der Waals surface area contributed by atoms with Crippen LogP contribution in [0.1, 0.15) is 56.8 Å². The van der Waals surface area contributed by atoms with Crippen molar-refractivity contribution < 1.29 is 9.59 Å². The molecule has 6 heteroatoms. The van der Waals surface area contributed by atoms with E-state index >= 15 is 0 Å². The van der Waals surface area contributed by atoms with E-state index in [1.165, 1.54) is 0 Å². The molecule has 2 amide bonds. The Morgan fingerprint density at radius 1 is 1.14 bits per heavy atom. The van der Waals surface area contributed by atoms with E-state index in [0.29, 0.717) is 11.3 Å². The van der Waals surface area contributed by atoms with Gasteiger partial charge in [0.1, 0.15) is 0 Å². The van der Waals surface area contributed by atoms with Gasteiger partial charge in [-0.15, -0.1) is 11.6 Å². The fraction of sp³-hybridized carbons (Fsp3) is 0.636. The molecule has 0 aromatic heterocycles. The molecule has 2 saturated heterocycles. The predicted octanol–water partition coefficient (Wildman–Crippen LogP) is 4.36. The van der Waals surface area contributed by atoms with Crippen molar-refractivity contribution >= 4 is 34.8 Å². The maximum absolute atomic E-state index is 13.2. The summed E-state index contributed by atoms with van der Waals surface area (Å²) in [6.07, 6.45) is 4.39. The number of amides is 2. The number of piperidine rings is 1. The zero-order valence-corrected chi connectivity index (χ0v) is 18.0. The van der Waals surface area contributed by atoms with Crippen molar-refractivity contribution in [2.75, 3.05) is 42.3 Å². The first-order valence-electron chi connectivity index (χ1n) is 10.4. The molecule has 0 bridgehead atoms. The second kappa shape index (κ2) is 8.73. The zero-order chi connectivity index (χ0) is 20.3. The zero-order valence-electron chi connectivity index (χ0n) is 17.3. The number of likely N-dealkylation sites (tertiary alicyclic amines) is 1. The molecule has 0 spiro atoms. The lowest BCUT2D eigenvalue weighted by Crippen LogP contribution is -2.36. The molecule has 1 aromatic carbocycles. The average molecular weight is 406 g/mol. The number of anilines is 2. The Kier molecular flexibility index (Phi) is 6.54. The summed E-state index contributed by atoms with van der Waals surface area (Å²) in [5, 5.41) is 2.94. The number of nitrogens with one attached hydrogen (secondary N) is 1. The monoisotopic (exact) mass is 405 g/mol. The summed E-state index contributed by atoms with van der Waals surface area (Å²) in [6, 6.07) is 5.73. The number of halogens is 1. The summed E-state index contributed by atoms with van der Waals surface area (Å²) in [7, 11) is 0. The summed E-state index contributed by atoms with van der Waals surface area (Å²) in [4.78, 5) is 30.0. The van der Waals surface area contributed by atoms with E-state index in [9.17, 15) is 9.59 Å². The second-order valence-corrected chi connectivity index (χ2v) is 9.14. The van der Waals surface area contributed by atoms with Crippen molar-refractivity contribution in [2.45, 2.75) is 46.5 Å². The van der Waals surface area contributed by atoms with Gasteiger partial charge in [0.05, 0.1) is 11.0 Å². The lowest BCUT2D eigenvalue weighted by Gasteiger charge is -2.34. The van der Waals surface area contributed by atoms with Gasteiger partial charge < -0.3 is 15.1 Å².